The van der Waals surface area contributed by atoms with E-state index in [-0.39, 0.29) is 5.91 Å². The molecule has 0 atom stereocenters. The summed E-state index contributed by atoms with van der Waals surface area (Å²) in [5.74, 6) is -0.515. The minimum Gasteiger partial charge on any atom is -0.465 e. The van der Waals surface area contributed by atoms with Gasteiger partial charge in [-0.25, -0.2) is 4.79 Å². The number of ether oxygens (including phenoxy) is 1. The molecule has 3 rings (SSSR count). The van der Waals surface area contributed by atoms with E-state index in [0.29, 0.717) is 23.2 Å². The first kappa shape index (κ1) is 21.2. The second-order valence-corrected chi connectivity index (χ2v) is 7.64. The van der Waals surface area contributed by atoms with Crippen LogP contribution in [0.4, 0.5) is 0 Å². The molecule has 0 saturated carbocycles. The van der Waals surface area contributed by atoms with Crippen LogP contribution in [0.25, 0.3) is 0 Å². The topological polar surface area (TPSA) is 70.4 Å². The molecule has 3 aromatic carbocycles. The Kier molecular flexibility index (Phi) is 6.89. The molecule has 0 unspecified atom stereocenters. The number of carbonyl (C=O) groups is 2. The van der Waals surface area contributed by atoms with Crippen molar-refractivity contribution in [2.75, 3.05) is 14.2 Å². The number of benzene rings is 3. The highest BCUT2D eigenvalue weighted by Crippen LogP contribution is 2.33. The van der Waals surface area contributed by atoms with E-state index in [1.165, 1.54) is 18.9 Å². The lowest BCUT2D eigenvalue weighted by molar-refractivity contribution is 0.0600. The van der Waals surface area contributed by atoms with Gasteiger partial charge >= 0.3 is 5.97 Å². The second kappa shape index (κ2) is 9.77. The molecule has 0 aliphatic rings. The molecule has 0 aromatic heterocycles. The number of methoxy groups -OCH3 is 1. The summed E-state index contributed by atoms with van der Waals surface area (Å²) in [6, 6.07) is 23.9. The van der Waals surface area contributed by atoms with Gasteiger partial charge in [-0.3, -0.25) is 4.79 Å². The predicted octanol–water partition coefficient (Wildman–Crippen LogP) is 4.77. The van der Waals surface area contributed by atoms with Gasteiger partial charge in [0.05, 0.1) is 23.8 Å². The highest BCUT2D eigenvalue weighted by molar-refractivity contribution is 7.99. The zero-order valence-electron chi connectivity index (χ0n) is 16.7. The van der Waals surface area contributed by atoms with E-state index >= 15 is 0 Å². The normalized spacial score (nSPS) is 10.2. The summed E-state index contributed by atoms with van der Waals surface area (Å²) in [7, 11) is 3.08. The van der Waals surface area contributed by atoms with Crippen LogP contribution in [0.2, 0.25) is 0 Å². The molecule has 0 heterocycles. The fraction of sp³-hybridized carbons (Fsp3) is 0.125. The Hall–Kier alpha value is -3.56. The van der Waals surface area contributed by atoms with Crippen molar-refractivity contribution >= 4 is 23.6 Å². The van der Waals surface area contributed by atoms with Gasteiger partial charge < -0.3 is 9.64 Å². The van der Waals surface area contributed by atoms with E-state index in [0.717, 1.165) is 15.4 Å². The zero-order valence-corrected chi connectivity index (χ0v) is 17.5. The van der Waals surface area contributed by atoms with Gasteiger partial charge in [0.1, 0.15) is 6.07 Å². The van der Waals surface area contributed by atoms with Crippen LogP contribution in [0.3, 0.4) is 0 Å². The molecule has 0 aliphatic carbocycles. The number of rotatable bonds is 6. The Morgan fingerprint density at radius 2 is 1.60 bits per heavy atom. The third-order valence-electron chi connectivity index (χ3n) is 4.49. The lowest BCUT2D eigenvalue weighted by Gasteiger charge is -2.19. The van der Waals surface area contributed by atoms with Crippen LogP contribution in [0, 0.1) is 11.3 Å². The molecule has 0 bridgehead atoms. The number of hydrogen-bond donors (Lipinski definition) is 0. The minimum atomic E-state index is -0.394. The van der Waals surface area contributed by atoms with Gasteiger partial charge in [0, 0.05) is 23.4 Å². The Labute approximate surface area is 179 Å². The van der Waals surface area contributed by atoms with Crippen molar-refractivity contribution in [2.45, 2.75) is 16.3 Å². The Morgan fingerprint density at radius 1 is 0.967 bits per heavy atom. The summed E-state index contributed by atoms with van der Waals surface area (Å²) in [5, 5.41) is 9.33. The van der Waals surface area contributed by atoms with E-state index in [4.69, 9.17) is 4.74 Å². The van der Waals surface area contributed by atoms with E-state index in [1.807, 2.05) is 36.4 Å². The molecule has 5 nitrogen and oxygen atoms in total. The van der Waals surface area contributed by atoms with Gasteiger partial charge in [-0.2, -0.15) is 5.26 Å². The quantitative estimate of drug-likeness (QED) is 0.542. The lowest BCUT2D eigenvalue weighted by Crippen LogP contribution is -2.26. The number of nitrogens with zero attached hydrogens (tertiary/aromatic N) is 2. The second-order valence-electron chi connectivity index (χ2n) is 6.56. The van der Waals surface area contributed by atoms with Gasteiger partial charge in [-0.1, -0.05) is 48.2 Å². The highest BCUT2D eigenvalue weighted by atomic mass is 32.2. The number of amides is 1. The van der Waals surface area contributed by atoms with E-state index in [2.05, 4.69) is 6.07 Å². The molecule has 0 aliphatic heterocycles. The van der Waals surface area contributed by atoms with Crippen LogP contribution >= 0.6 is 11.8 Å². The maximum absolute atomic E-state index is 13.1. The van der Waals surface area contributed by atoms with Crippen molar-refractivity contribution in [1.82, 2.24) is 4.90 Å². The molecular formula is C24H20N2O3S. The molecular weight excluding hydrogens is 396 g/mol. The van der Waals surface area contributed by atoms with Crippen molar-refractivity contribution in [3.63, 3.8) is 0 Å². The molecule has 30 heavy (non-hydrogen) atoms. The van der Waals surface area contributed by atoms with Crippen LogP contribution < -0.4 is 0 Å². The maximum atomic E-state index is 13.1. The summed E-state index contributed by atoms with van der Waals surface area (Å²) >= 11 is 1.40. The molecule has 0 saturated heterocycles. The predicted molar refractivity (Wildman–Crippen MR) is 115 cm³/mol. The minimum absolute atomic E-state index is 0.121. The van der Waals surface area contributed by atoms with Crippen LogP contribution in [-0.2, 0) is 11.3 Å². The van der Waals surface area contributed by atoms with Gasteiger partial charge in [-0.15, -0.1) is 0 Å². The van der Waals surface area contributed by atoms with Crippen molar-refractivity contribution < 1.29 is 14.3 Å². The molecule has 1 amide bonds. The number of esters is 1. The van der Waals surface area contributed by atoms with E-state index in [1.54, 1.807) is 48.3 Å². The lowest BCUT2D eigenvalue weighted by atomic mass is 10.1. The average molecular weight is 417 g/mol. The monoisotopic (exact) mass is 416 g/mol. The largest absolute Gasteiger partial charge is 0.465 e. The molecule has 0 fully saturated rings. The molecule has 0 radical (unpaired) electrons. The first-order chi connectivity index (χ1) is 14.5. The third kappa shape index (κ3) is 4.88. The Balaban J connectivity index is 1.78. The average Bonchev–Trinajstić information content (AvgIpc) is 2.79. The van der Waals surface area contributed by atoms with Crippen LogP contribution in [0.1, 0.15) is 31.8 Å². The van der Waals surface area contributed by atoms with Gasteiger partial charge in [-0.05, 0) is 42.0 Å². The van der Waals surface area contributed by atoms with Gasteiger partial charge in [0.15, 0.2) is 0 Å². The fourth-order valence-electron chi connectivity index (χ4n) is 2.91. The molecule has 0 N–H and O–H groups in total. The summed E-state index contributed by atoms with van der Waals surface area (Å²) in [4.78, 5) is 27.9. The number of carbonyl (C=O) groups excluding carboxylic acids is 2. The van der Waals surface area contributed by atoms with Crippen molar-refractivity contribution in [3.8, 4) is 6.07 Å². The van der Waals surface area contributed by atoms with Crippen LogP contribution in [0.15, 0.2) is 82.6 Å². The molecule has 6 heteroatoms. The van der Waals surface area contributed by atoms with Crippen LogP contribution in [0.5, 0.6) is 0 Å². The SMILES string of the molecule is COC(=O)c1ccc(CN(C)C(=O)c2ccccc2Sc2ccccc2C#N)cc1. The summed E-state index contributed by atoms with van der Waals surface area (Å²) < 4.78 is 4.71. The first-order valence-electron chi connectivity index (χ1n) is 9.22. The van der Waals surface area contributed by atoms with Gasteiger partial charge in [0.2, 0.25) is 0 Å². The van der Waals surface area contributed by atoms with Crippen molar-refractivity contribution in [2.24, 2.45) is 0 Å². The smallest absolute Gasteiger partial charge is 0.337 e. The van der Waals surface area contributed by atoms with Gasteiger partial charge in [0.25, 0.3) is 5.91 Å². The summed E-state index contributed by atoms with van der Waals surface area (Å²) in [5.41, 5.74) is 2.51. The third-order valence-corrected chi connectivity index (χ3v) is 5.64. The highest BCUT2D eigenvalue weighted by Gasteiger charge is 2.17. The van der Waals surface area contributed by atoms with Crippen molar-refractivity contribution in [1.29, 1.82) is 5.26 Å². The molecule has 0 spiro atoms. The van der Waals surface area contributed by atoms with E-state index in [9.17, 15) is 14.9 Å². The number of hydrogen-bond acceptors (Lipinski definition) is 5. The van der Waals surface area contributed by atoms with E-state index < -0.39 is 5.97 Å². The standard InChI is InChI=1S/C24H20N2O3S/c1-26(16-17-11-13-18(14-12-17)24(28)29-2)23(27)20-8-4-6-10-22(20)30-21-9-5-3-7-19(21)15-25/h3-14H,16H2,1-2H3. The Bertz CT molecular complexity index is 1100. The summed E-state index contributed by atoms with van der Waals surface area (Å²) in [6.07, 6.45) is 0. The maximum Gasteiger partial charge on any atom is 0.337 e. The Morgan fingerprint density at radius 3 is 2.27 bits per heavy atom. The van der Waals surface area contributed by atoms with Crippen LogP contribution in [-0.4, -0.2) is 30.9 Å². The summed E-state index contributed by atoms with van der Waals surface area (Å²) in [6.45, 7) is 0.397. The fourth-order valence-corrected chi connectivity index (χ4v) is 3.93. The molecule has 3 aromatic rings. The first-order valence-corrected chi connectivity index (χ1v) is 10.0. The number of nitriles is 1. The zero-order chi connectivity index (χ0) is 21.5. The van der Waals surface area contributed by atoms with Crippen molar-refractivity contribution in [3.05, 3.63) is 95.1 Å². The molecule has 150 valence electrons.